The summed E-state index contributed by atoms with van der Waals surface area (Å²) < 4.78 is 0. The summed E-state index contributed by atoms with van der Waals surface area (Å²) in [4.78, 5) is 25.9. The van der Waals surface area contributed by atoms with Gasteiger partial charge in [-0.25, -0.2) is 0 Å². The Hall–Kier alpha value is -1.10. The van der Waals surface area contributed by atoms with E-state index in [0.717, 1.165) is 45.1 Å². The van der Waals surface area contributed by atoms with E-state index in [2.05, 4.69) is 6.92 Å². The number of hydrogen-bond donors (Lipinski definition) is 2. The normalized spacial score (nSPS) is 34.8. The van der Waals surface area contributed by atoms with Gasteiger partial charge in [-0.2, -0.15) is 0 Å². The molecule has 0 spiro atoms. The average molecular weight is 281 g/mol. The van der Waals surface area contributed by atoms with E-state index < -0.39 is 0 Å². The van der Waals surface area contributed by atoms with Crippen LogP contribution in [-0.4, -0.2) is 35.8 Å². The maximum Gasteiger partial charge on any atom is 0.225 e. The average Bonchev–Trinajstić information content (AvgIpc) is 2.47. The van der Waals surface area contributed by atoms with E-state index in [1.54, 1.807) is 0 Å². The molecular weight excluding hydrogens is 254 g/mol. The molecule has 2 amide bonds. The van der Waals surface area contributed by atoms with Crippen molar-refractivity contribution in [2.75, 3.05) is 13.1 Å². The molecule has 0 aromatic carbocycles. The number of amides is 2. The maximum atomic E-state index is 12.7. The third-order valence-corrected chi connectivity index (χ3v) is 5.10. The quantitative estimate of drug-likeness (QED) is 0.804. The second kappa shape index (κ2) is 6.57. The van der Waals surface area contributed by atoms with Crippen LogP contribution in [0.4, 0.5) is 0 Å². The van der Waals surface area contributed by atoms with Crippen molar-refractivity contribution >= 4 is 11.8 Å². The molecule has 114 valence electrons. The Balaban J connectivity index is 1.95. The molecule has 0 aromatic heterocycles. The Bertz CT molecular complexity index is 364. The maximum absolute atomic E-state index is 12.7. The summed E-state index contributed by atoms with van der Waals surface area (Å²) in [5, 5.41) is 0. The molecule has 2 aliphatic rings. The Morgan fingerprint density at radius 2 is 1.65 bits per heavy atom. The highest BCUT2D eigenvalue weighted by Gasteiger charge is 2.35. The van der Waals surface area contributed by atoms with Gasteiger partial charge in [-0.05, 0) is 57.9 Å². The highest BCUT2D eigenvalue weighted by molar-refractivity contribution is 5.82. The third-order valence-electron chi connectivity index (χ3n) is 5.10. The van der Waals surface area contributed by atoms with Gasteiger partial charge < -0.3 is 16.4 Å². The fourth-order valence-electron chi connectivity index (χ4n) is 3.53. The molecule has 5 nitrogen and oxygen atoms in total. The van der Waals surface area contributed by atoms with E-state index in [0.29, 0.717) is 12.5 Å². The van der Waals surface area contributed by atoms with Crippen LogP contribution < -0.4 is 11.5 Å². The van der Waals surface area contributed by atoms with Crippen molar-refractivity contribution < 1.29 is 9.59 Å². The summed E-state index contributed by atoms with van der Waals surface area (Å²) >= 11 is 0. The first kappa shape index (κ1) is 15.3. The first-order chi connectivity index (χ1) is 9.52. The molecule has 20 heavy (non-hydrogen) atoms. The van der Waals surface area contributed by atoms with Crippen LogP contribution in [0.2, 0.25) is 0 Å². The fraction of sp³-hybridized carbons (Fsp3) is 0.867. The molecule has 1 aliphatic carbocycles. The lowest BCUT2D eigenvalue weighted by molar-refractivity contribution is -0.142. The van der Waals surface area contributed by atoms with Crippen molar-refractivity contribution in [3.05, 3.63) is 0 Å². The minimum atomic E-state index is -0.276. The van der Waals surface area contributed by atoms with Crippen molar-refractivity contribution in [2.24, 2.45) is 29.2 Å². The van der Waals surface area contributed by atoms with E-state index in [-0.39, 0.29) is 29.7 Å². The zero-order chi connectivity index (χ0) is 14.7. The zero-order valence-corrected chi connectivity index (χ0v) is 12.4. The van der Waals surface area contributed by atoms with Crippen molar-refractivity contribution in [3.63, 3.8) is 0 Å². The van der Waals surface area contributed by atoms with Gasteiger partial charge in [0.15, 0.2) is 0 Å². The SMILES string of the molecule is CC1CCC(C(N)=O)CN1C(=O)C1CCC(CN)CC1. The predicted molar refractivity (Wildman–Crippen MR) is 77.6 cm³/mol. The van der Waals surface area contributed by atoms with Crippen LogP contribution in [0.3, 0.4) is 0 Å². The summed E-state index contributed by atoms with van der Waals surface area (Å²) in [5.74, 6) is 0.471. The largest absolute Gasteiger partial charge is 0.369 e. The highest BCUT2D eigenvalue weighted by Crippen LogP contribution is 2.32. The van der Waals surface area contributed by atoms with Crippen LogP contribution in [0.15, 0.2) is 0 Å². The number of likely N-dealkylation sites (tertiary alicyclic amines) is 1. The van der Waals surface area contributed by atoms with Gasteiger partial charge in [-0.3, -0.25) is 9.59 Å². The molecule has 2 atom stereocenters. The number of carbonyl (C=O) groups excluding carboxylic acids is 2. The highest BCUT2D eigenvalue weighted by atomic mass is 16.2. The molecule has 4 N–H and O–H groups in total. The van der Waals surface area contributed by atoms with E-state index in [1.807, 2.05) is 4.90 Å². The van der Waals surface area contributed by atoms with Gasteiger partial charge in [0.25, 0.3) is 0 Å². The van der Waals surface area contributed by atoms with Crippen molar-refractivity contribution in [1.29, 1.82) is 0 Å². The molecular formula is C15H27N3O2. The lowest BCUT2D eigenvalue weighted by atomic mass is 9.80. The van der Waals surface area contributed by atoms with Crippen LogP contribution in [0, 0.1) is 17.8 Å². The van der Waals surface area contributed by atoms with E-state index in [9.17, 15) is 9.59 Å². The lowest BCUT2D eigenvalue weighted by Crippen LogP contribution is -2.51. The standard InChI is InChI=1S/C15H27N3O2/c1-10-2-5-13(14(17)19)9-18(10)15(20)12-6-3-11(8-16)4-7-12/h10-13H,2-9,16H2,1H3,(H2,17,19). The molecule has 5 heteroatoms. The fourth-order valence-corrected chi connectivity index (χ4v) is 3.53. The molecule has 1 saturated heterocycles. The molecule has 1 heterocycles. The zero-order valence-electron chi connectivity index (χ0n) is 12.4. The second-order valence-electron chi connectivity index (χ2n) is 6.47. The number of piperidine rings is 1. The number of carbonyl (C=O) groups is 2. The number of hydrogen-bond acceptors (Lipinski definition) is 3. The van der Waals surface area contributed by atoms with Crippen LogP contribution in [0.1, 0.15) is 45.4 Å². The van der Waals surface area contributed by atoms with Crippen molar-refractivity contribution in [3.8, 4) is 0 Å². The van der Waals surface area contributed by atoms with Crippen LogP contribution >= 0.6 is 0 Å². The molecule has 1 aliphatic heterocycles. The van der Waals surface area contributed by atoms with E-state index >= 15 is 0 Å². The number of primary amides is 1. The minimum absolute atomic E-state index is 0.117. The van der Waals surface area contributed by atoms with Crippen LogP contribution in [0.5, 0.6) is 0 Å². The Kier molecular flexibility index (Phi) is 5.02. The molecule has 0 bridgehead atoms. The van der Waals surface area contributed by atoms with Crippen LogP contribution in [0.25, 0.3) is 0 Å². The first-order valence-electron chi connectivity index (χ1n) is 7.82. The van der Waals surface area contributed by atoms with Gasteiger partial charge >= 0.3 is 0 Å². The van der Waals surface area contributed by atoms with Crippen molar-refractivity contribution in [2.45, 2.75) is 51.5 Å². The van der Waals surface area contributed by atoms with Crippen molar-refractivity contribution in [1.82, 2.24) is 4.90 Å². The van der Waals surface area contributed by atoms with Crippen LogP contribution in [-0.2, 0) is 9.59 Å². The van der Waals surface area contributed by atoms with Gasteiger partial charge in [0.2, 0.25) is 11.8 Å². The third kappa shape index (κ3) is 3.32. The topological polar surface area (TPSA) is 89.4 Å². The second-order valence-corrected chi connectivity index (χ2v) is 6.47. The summed E-state index contributed by atoms with van der Waals surface area (Å²) in [6.07, 6.45) is 5.65. The van der Waals surface area contributed by atoms with Gasteiger partial charge in [0.1, 0.15) is 0 Å². The predicted octanol–water partition coefficient (Wildman–Crippen LogP) is 0.864. The van der Waals surface area contributed by atoms with Gasteiger partial charge in [-0.1, -0.05) is 0 Å². The molecule has 0 radical (unpaired) electrons. The first-order valence-corrected chi connectivity index (χ1v) is 7.82. The molecule has 2 fully saturated rings. The van der Waals surface area contributed by atoms with E-state index in [1.165, 1.54) is 0 Å². The monoisotopic (exact) mass is 281 g/mol. The Morgan fingerprint density at radius 1 is 1.05 bits per heavy atom. The summed E-state index contributed by atoms with van der Waals surface area (Å²) in [6, 6.07) is 0.227. The molecule has 2 rings (SSSR count). The summed E-state index contributed by atoms with van der Waals surface area (Å²) in [5.41, 5.74) is 11.1. The lowest BCUT2D eigenvalue weighted by Gasteiger charge is -2.40. The molecule has 1 saturated carbocycles. The Labute approximate surface area is 121 Å². The van der Waals surface area contributed by atoms with Gasteiger partial charge in [0.05, 0.1) is 5.92 Å². The minimum Gasteiger partial charge on any atom is -0.369 e. The smallest absolute Gasteiger partial charge is 0.225 e. The number of rotatable bonds is 3. The molecule has 2 unspecified atom stereocenters. The van der Waals surface area contributed by atoms with E-state index in [4.69, 9.17) is 11.5 Å². The molecule has 0 aromatic rings. The summed E-state index contributed by atoms with van der Waals surface area (Å²) in [6.45, 7) is 3.30. The van der Waals surface area contributed by atoms with Gasteiger partial charge in [0, 0.05) is 18.5 Å². The Morgan fingerprint density at radius 3 is 2.20 bits per heavy atom. The summed E-state index contributed by atoms with van der Waals surface area (Å²) in [7, 11) is 0. The van der Waals surface area contributed by atoms with Gasteiger partial charge in [-0.15, -0.1) is 0 Å². The number of nitrogens with two attached hydrogens (primary N) is 2. The number of nitrogens with zero attached hydrogens (tertiary/aromatic N) is 1.